The fourth-order valence-electron chi connectivity index (χ4n) is 3.23. The number of amides is 1. The van der Waals surface area contributed by atoms with Gasteiger partial charge in [0, 0.05) is 25.0 Å². The standard InChI is InChI=1S/C25H21N3O3/c26-14-21(25(29)27-15-20-11-12-23-24(13-20)31-18-30-23)17-28(22-9-5-2-6-10-22)16-19-7-3-1-4-8-19/h1-13,17H,15-16,18H2,(H,27,29)/b21-17-. The first-order valence-electron chi connectivity index (χ1n) is 9.87. The van der Waals surface area contributed by atoms with Crippen LogP contribution in [0.25, 0.3) is 0 Å². The highest BCUT2D eigenvalue weighted by atomic mass is 16.7. The van der Waals surface area contributed by atoms with Crippen LogP contribution in [-0.2, 0) is 17.9 Å². The largest absolute Gasteiger partial charge is 0.454 e. The molecule has 0 bridgehead atoms. The van der Waals surface area contributed by atoms with Crippen molar-refractivity contribution in [3.8, 4) is 17.6 Å². The van der Waals surface area contributed by atoms with Crippen LogP contribution in [0.3, 0.4) is 0 Å². The van der Waals surface area contributed by atoms with Gasteiger partial charge in [-0.1, -0.05) is 54.6 Å². The molecule has 0 aromatic heterocycles. The number of nitrogens with zero attached hydrogens (tertiary/aromatic N) is 2. The first-order chi connectivity index (χ1) is 15.2. The molecule has 1 aliphatic rings. The number of nitriles is 1. The van der Waals surface area contributed by atoms with Gasteiger partial charge in [0.05, 0.1) is 0 Å². The zero-order valence-corrected chi connectivity index (χ0v) is 16.8. The predicted molar refractivity (Wildman–Crippen MR) is 117 cm³/mol. The van der Waals surface area contributed by atoms with E-state index in [1.165, 1.54) is 0 Å². The molecule has 0 saturated carbocycles. The van der Waals surface area contributed by atoms with Gasteiger partial charge >= 0.3 is 0 Å². The van der Waals surface area contributed by atoms with Crippen molar-refractivity contribution in [3.05, 3.63) is 102 Å². The lowest BCUT2D eigenvalue weighted by atomic mass is 10.1. The van der Waals surface area contributed by atoms with Crippen molar-refractivity contribution in [2.45, 2.75) is 13.1 Å². The first-order valence-corrected chi connectivity index (χ1v) is 9.87. The Morgan fingerprint density at radius 3 is 2.42 bits per heavy atom. The fourth-order valence-corrected chi connectivity index (χ4v) is 3.23. The highest BCUT2D eigenvalue weighted by molar-refractivity contribution is 5.97. The van der Waals surface area contributed by atoms with Crippen molar-refractivity contribution >= 4 is 11.6 Å². The van der Waals surface area contributed by atoms with Gasteiger partial charge in [0.15, 0.2) is 11.5 Å². The number of anilines is 1. The number of rotatable bonds is 7. The predicted octanol–water partition coefficient (Wildman–Crippen LogP) is 4.15. The third-order valence-electron chi connectivity index (χ3n) is 4.82. The van der Waals surface area contributed by atoms with E-state index in [-0.39, 0.29) is 18.9 Å². The quantitative estimate of drug-likeness (QED) is 0.467. The maximum absolute atomic E-state index is 12.7. The Balaban J connectivity index is 1.50. The molecule has 4 rings (SSSR count). The molecule has 1 N–H and O–H groups in total. The third-order valence-corrected chi connectivity index (χ3v) is 4.82. The lowest BCUT2D eigenvalue weighted by Crippen LogP contribution is -2.26. The van der Waals surface area contributed by atoms with Crippen LogP contribution in [0.15, 0.2) is 90.6 Å². The second-order valence-corrected chi connectivity index (χ2v) is 6.97. The van der Waals surface area contributed by atoms with Crippen molar-refractivity contribution < 1.29 is 14.3 Å². The summed E-state index contributed by atoms with van der Waals surface area (Å²) in [6.45, 7) is 1.01. The summed E-state index contributed by atoms with van der Waals surface area (Å²) in [7, 11) is 0. The number of hydrogen-bond acceptors (Lipinski definition) is 5. The Labute approximate surface area is 180 Å². The Bertz CT molecular complexity index is 1120. The molecule has 31 heavy (non-hydrogen) atoms. The van der Waals surface area contributed by atoms with Crippen LogP contribution in [0.1, 0.15) is 11.1 Å². The monoisotopic (exact) mass is 411 g/mol. The Morgan fingerprint density at radius 1 is 0.968 bits per heavy atom. The minimum Gasteiger partial charge on any atom is -0.454 e. The maximum Gasteiger partial charge on any atom is 0.263 e. The molecule has 0 fully saturated rings. The Morgan fingerprint density at radius 2 is 1.68 bits per heavy atom. The number of para-hydroxylation sites is 1. The van der Waals surface area contributed by atoms with E-state index in [0.29, 0.717) is 18.0 Å². The minimum atomic E-state index is -0.436. The van der Waals surface area contributed by atoms with Gasteiger partial charge in [-0.15, -0.1) is 0 Å². The van der Waals surface area contributed by atoms with Crippen molar-refractivity contribution in [1.82, 2.24) is 5.32 Å². The van der Waals surface area contributed by atoms with Crippen molar-refractivity contribution in [2.24, 2.45) is 0 Å². The number of carbonyl (C=O) groups excluding carboxylic acids is 1. The summed E-state index contributed by atoms with van der Waals surface area (Å²) in [4.78, 5) is 14.6. The van der Waals surface area contributed by atoms with E-state index >= 15 is 0 Å². The van der Waals surface area contributed by atoms with Gasteiger partial charge in [-0.05, 0) is 35.4 Å². The molecule has 0 radical (unpaired) electrons. The summed E-state index contributed by atoms with van der Waals surface area (Å²) in [5.74, 6) is 0.905. The number of hydrogen-bond donors (Lipinski definition) is 1. The van der Waals surface area contributed by atoms with Gasteiger partial charge in [0.2, 0.25) is 6.79 Å². The molecule has 0 unspecified atom stereocenters. The normalized spacial score (nSPS) is 12.2. The molecule has 1 aliphatic heterocycles. The highest BCUT2D eigenvalue weighted by Gasteiger charge is 2.15. The minimum absolute atomic E-state index is 0.0283. The maximum atomic E-state index is 12.7. The summed E-state index contributed by atoms with van der Waals surface area (Å²) < 4.78 is 10.7. The SMILES string of the molecule is N#C/C(=C/N(Cc1ccccc1)c1ccccc1)C(=O)NCc1ccc2c(c1)OCO2. The first kappa shape index (κ1) is 20.0. The van der Waals surface area contributed by atoms with E-state index < -0.39 is 5.91 Å². The smallest absolute Gasteiger partial charge is 0.263 e. The van der Waals surface area contributed by atoms with Crippen LogP contribution in [0.2, 0.25) is 0 Å². The molecular weight excluding hydrogens is 390 g/mol. The molecule has 6 nitrogen and oxygen atoms in total. The lowest BCUT2D eigenvalue weighted by Gasteiger charge is -2.21. The van der Waals surface area contributed by atoms with Crippen molar-refractivity contribution in [3.63, 3.8) is 0 Å². The Kier molecular flexibility index (Phi) is 6.15. The average molecular weight is 411 g/mol. The van der Waals surface area contributed by atoms with Crippen LogP contribution >= 0.6 is 0 Å². The van der Waals surface area contributed by atoms with Gasteiger partial charge in [0.1, 0.15) is 11.6 Å². The number of fused-ring (bicyclic) bond motifs is 1. The summed E-state index contributed by atoms with van der Waals surface area (Å²) >= 11 is 0. The molecule has 0 atom stereocenters. The molecule has 1 amide bonds. The van der Waals surface area contributed by atoms with E-state index in [0.717, 1.165) is 16.8 Å². The summed E-state index contributed by atoms with van der Waals surface area (Å²) in [6.07, 6.45) is 1.59. The van der Waals surface area contributed by atoms with Crippen LogP contribution in [0, 0.1) is 11.3 Å². The summed E-state index contributed by atoms with van der Waals surface area (Å²) in [5, 5.41) is 12.4. The molecule has 1 heterocycles. The molecule has 0 spiro atoms. The molecule has 6 heteroatoms. The molecular formula is C25H21N3O3. The van der Waals surface area contributed by atoms with E-state index in [1.807, 2.05) is 89.8 Å². The second kappa shape index (κ2) is 9.51. The number of carbonyl (C=O) groups is 1. The summed E-state index contributed by atoms with van der Waals surface area (Å²) in [6, 6.07) is 27.1. The van der Waals surface area contributed by atoms with E-state index in [4.69, 9.17) is 9.47 Å². The van der Waals surface area contributed by atoms with Gasteiger partial charge in [-0.2, -0.15) is 5.26 Å². The van der Waals surface area contributed by atoms with Gasteiger partial charge in [0.25, 0.3) is 5.91 Å². The average Bonchev–Trinajstić information content (AvgIpc) is 3.29. The zero-order valence-electron chi connectivity index (χ0n) is 16.8. The fraction of sp³-hybridized carbons (Fsp3) is 0.120. The van der Waals surface area contributed by atoms with E-state index in [9.17, 15) is 10.1 Å². The van der Waals surface area contributed by atoms with Crippen molar-refractivity contribution in [1.29, 1.82) is 5.26 Å². The molecule has 0 saturated heterocycles. The van der Waals surface area contributed by atoms with Crippen LogP contribution in [0.5, 0.6) is 11.5 Å². The van der Waals surface area contributed by atoms with Crippen LogP contribution < -0.4 is 19.7 Å². The van der Waals surface area contributed by atoms with Gasteiger partial charge in [-0.25, -0.2) is 0 Å². The molecule has 154 valence electrons. The second-order valence-electron chi connectivity index (χ2n) is 6.97. The summed E-state index contributed by atoms with van der Waals surface area (Å²) in [5.41, 5.74) is 2.85. The van der Waals surface area contributed by atoms with E-state index in [1.54, 1.807) is 6.20 Å². The zero-order chi connectivity index (χ0) is 21.5. The number of nitrogens with one attached hydrogen (secondary N) is 1. The molecule has 0 aliphatic carbocycles. The topological polar surface area (TPSA) is 74.6 Å². The number of benzene rings is 3. The number of ether oxygens (including phenoxy) is 2. The van der Waals surface area contributed by atoms with Crippen molar-refractivity contribution in [2.75, 3.05) is 11.7 Å². The van der Waals surface area contributed by atoms with Crippen LogP contribution in [0.4, 0.5) is 5.69 Å². The van der Waals surface area contributed by atoms with Crippen LogP contribution in [-0.4, -0.2) is 12.7 Å². The van der Waals surface area contributed by atoms with Gasteiger partial charge < -0.3 is 19.7 Å². The lowest BCUT2D eigenvalue weighted by molar-refractivity contribution is -0.117. The third kappa shape index (κ3) is 5.03. The molecule has 3 aromatic rings. The van der Waals surface area contributed by atoms with E-state index in [2.05, 4.69) is 5.32 Å². The highest BCUT2D eigenvalue weighted by Crippen LogP contribution is 2.32. The Hall–Kier alpha value is -4.24. The van der Waals surface area contributed by atoms with Gasteiger partial charge in [-0.3, -0.25) is 4.79 Å². The molecule has 3 aromatic carbocycles.